The van der Waals surface area contributed by atoms with Crippen molar-refractivity contribution in [1.82, 2.24) is 9.62 Å². The number of ether oxygens (including phenoxy) is 1. The van der Waals surface area contributed by atoms with Crippen molar-refractivity contribution in [3.05, 3.63) is 58.6 Å². The number of carbonyl (C=O) groups excluding carboxylic acids is 1. The van der Waals surface area contributed by atoms with Gasteiger partial charge in [0, 0.05) is 19.6 Å². The van der Waals surface area contributed by atoms with Crippen LogP contribution in [0, 0.1) is 5.92 Å². The Balaban J connectivity index is 2.10. The number of rotatable bonds is 10. The van der Waals surface area contributed by atoms with Gasteiger partial charge in [-0.1, -0.05) is 51.4 Å². The Morgan fingerprint density at radius 3 is 2.30 bits per heavy atom. The van der Waals surface area contributed by atoms with E-state index in [1.807, 2.05) is 24.3 Å². The van der Waals surface area contributed by atoms with Gasteiger partial charge in [0.15, 0.2) is 0 Å². The lowest BCUT2D eigenvalue weighted by Crippen LogP contribution is -2.31. The minimum Gasteiger partial charge on any atom is -0.493 e. The van der Waals surface area contributed by atoms with Crippen molar-refractivity contribution in [3.8, 4) is 5.75 Å². The lowest BCUT2D eigenvalue weighted by Gasteiger charge is -2.19. The number of nitrogens with one attached hydrogen (secondary N) is 1. The van der Waals surface area contributed by atoms with E-state index in [4.69, 9.17) is 16.3 Å². The first-order valence-electron chi connectivity index (χ1n) is 9.98. The van der Waals surface area contributed by atoms with Crippen molar-refractivity contribution >= 4 is 27.5 Å². The van der Waals surface area contributed by atoms with Crippen molar-refractivity contribution in [2.75, 3.05) is 19.7 Å². The number of sulfonamides is 1. The van der Waals surface area contributed by atoms with Gasteiger partial charge in [-0.3, -0.25) is 4.79 Å². The first-order chi connectivity index (χ1) is 14.2. The molecule has 8 heteroatoms. The Kier molecular flexibility index (Phi) is 8.70. The molecule has 2 aromatic carbocycles. The summed E-state index contributed by atoms with van der Waals surface area (Å²) >= 11 is 6.17. The van der Waals surface area contributed by atoms with Gasteiger partial charge in [-0.2, -0.15) is 4.31 Å². The van der Waals surface area contributed by atoms with Gasteiger partial charge in [0.1, 0.15) is 5.75 Å². The molecule has 30 heavy (non-hydrogen) atoms. The number of nitrogens with zero attached hydrogens (tertiary/aromatic N) is 1. The van der Waals surface area contributed by atoms with Crippen molar-refractivity contribution in [2.24, 2.45) is 5.92 Å². The fourth-order valence-electron chi connectivity index (χ4n) is 2.80. The Morgan fingerprint density at radius 1 is 1.10 bits per heavy atom. The average Bonchev–Trinajstić information content (AvgIpc) is 2.72. The lowest BCUT2D eigenvalue weighted by molar-refractivity contribution is 0.0951. The summed E-state index contributed by atoms with van der Waals surface area (Å²) in [5.41, 5.74) is 1.02. The highest BCUT2D eigenvalue weighted by Gasteiger charge is 2.23. The second-order valence-electron chi connectivity index (χ2n) is 7.26. The third-order valence-electron chi connectivity index (χ3n) is 4.49. The summed E-state index contributed by atoms with van der Waals surface area (Å²) in [4.78, 5) is 12.7. The van der Waals surface area contributed by atoms with E-state index in [1.54, 1.807) is 13.8 Å². The van der Waals surface area contributed by atoms with Crippen LogP contribution in [0.4, 0.5) is 0 Å². The van der Waals surface area contributed by atoms with Crippen LogP contribution >= 0.6 is 11.6 Å². The van der Waals surface area contributed by atoms with E-state index < -0.39 is 15.9 Å². The summed E-state index contributed by atoms with van der Waals surface area (Å²) in [5, 5.41) is 2.99. The Labute approximate surface area is 184 Å². The van der Waals surface area contributed by atoms with Crippen molar-refractivity contribution in [3.63, 3.8) is 0 Å². The summed E-state index contributed by atoms with van der Waals surface area (Å²) in [6, 6.07) is 11.6. The zero-order chi connectivity index (χ0) is 22.3. The van der Waals surface area contributed by atoms with E-state index in [1.165, 1.54) is 22.5 Å². The van der Waals surface area contributed by atoms with Gasteiger partial charge in [0.25, 0.3) is 5.91 Å². The molecule has 164 valence electrons. The number of carbonyl (C=O) groups is 1. The zero-order valence-corrected chi connectivity index (χ0v) is 19.4. The first kappa shape index (κ1) is 24.2. The number of benzene rings is 2. The minimum absolute atomic E-state index is 0.0485. The Bertz CT molecular complexity index is 956. The predicted molar refractivity (Wildman–Crippen MR) is 120 cm³/mol. The second kappa shape index (κ2) is 10.8. The molecule has 0 aliphatic rings. The standard InChI is InChI=1S/C22H29ClN2O4S/c1-5-25(6-2)30(27,28)19-11-12-21(23)20(13-19)22(26)24-14-17-7-9-18(10-8-17)29-15-16(3)4/h7-13,16H,5-6,14-15H2,1-4H3,(H,24,26). The first-order valence-corrected chi connectivity index (χ1v) is 11.8. The predicted octanol–water partition coefficient (Wildman–Crippen LogP) is 4.34. The van der Waals surface area contributed by atoms with Crippen LogP contribution < -0.4 is 10.1 Å². The van der Waals surface area contributed by atoms with Crippen molar-refractivity contribution in [2.45, 2.75) is 39.1 Å². The van der Waals surface area contributed by atoms with Crippen LogP contribution in [0.3, 0.4) is 0 Å². The zero-order valence-electron chi connectivity index (χ0n) is 17.8. The summed E-state index contributed by atoms with van der Waals surface area (Å²) in [6.07, 6.45) is 0. The highest BCUT2D eigenvalue weighted by Crippen LogP contribution is 2.23. The highest BCUT2D eigenvalue weighted by atomic mass is 35.5. The molecule has 0 bridgehead atoms. The topological polar surface area (TPSA) is 75.7 Å². The van der Waals surface area contributed by atoms with Gasteiger partial charge < -0.3 is 10.1 Å². The van der Waals surface area contributed by atoms with Gasteiger partial charge in [-0.05, 0) is 41.8 Å². The van der Waals surface area contributed by atoms with Crippen LogP contribution in [-0.2, 0) is 16.6 Å². The second-order valence-corrected chi connectivity index (χ2v) is 9.61. The molecule has 0 unspecified atom stereocenters. The van der Waals surface area contributed by atoms with E-state index in [2.05, 4.69) is 19.2 Å². The molecule has 0 aliphatic heterocycles. The van der Waals surface area contributed by atoms with Crippen molar-refractivity contribution in [1.29, 1.82) is 0 Å². The summed E-state index contributed by atoms with van der Waals surface area (Å²) in [6.45, 7) is 9.32. The van der Waals surface area contributed by atoms with Crippen LogP contribution in [0.25, 0.3) is 0 Å². The molecule has 0 radical (unpaired) electrons. The van der Waals surface area contributed by atoms with E-state index >= 15 is 0 Å². The quantitative estimate of drug-likeness (QED) is 0.582. The molecular weight excluding hydrogens is 424 g/mol. The van der Waals surface area contributed by atoms with E-state index in [0.29, 0.717) is 25.6 Å². The molecule has 0 fully saturated rings. The molecule has 0 aliphatic carbocycles. The van der Waals surface area contributed by atoms with Crippen LogP contribution in [0.15, 0.2) is 47.4 Å². The fourth-order valence-corrected chi connectivity index (χ4v) is 4.48. The molecule has 0 atom stereocenters. The molecule has 1 amide bonds. The van der Waals surface area contributed by atoms with Gasteiger partial charge in [0.05, 0.1) is 22.1 Å². The molecule has 0 aromatic heterocycles. The molecule has 1 N–H and O–H groups in total. The summed E-state index contributed by atoms with van der Waals surface area (Å²) in [5.74, 6) is 0.780. The maximum Gasteiger partial charge on any atom is 0.253 e. The normalized spacial score (nSPS) is 11.7. The van der Waals surface area contributed by atoms with Gasteiger partial charge in [-0.25, -0.2) is 8.42 Å². The van der Waals surface area contributed by atoms with Crippen LogP contribution in [0.2, 0.25) is 5.02 Å². The number of halogens is 1. The van der Waals surface area contributed by atoms with Gasteiger partial charge in [-0.15, -0.1) is 0 Å². The molecular formula is C22H29ClN2O4S. The molecule has 0 saturated heterocycles. The molecule has 0 heterocycles. The maximum absolute atomic E-state index is 12.7. The molecule has 0 saturated carbocycles. The number of amides is 1. The number of hydrogen-bond donors (Lipinski definition) is 1. The summed E-state index contributed by atoms with van der Waals surface area (Å²) < 4.78 is 32.4. The van der Waals surface area contributed by atoms with Gasteiger partial charge >= 0.3 is 0 Å². The average molecular weight is 453 g/mol. The summed E-state index contributed by atoms with van der Waals surface area (Å²) in [7, 11) is -3.68. The molecule has 6 nitrogen and oxygen atoms in total. The largest absolute Gasteiger partial charge is 0.493 e. The van der Waals surface area contributed by atoms with Crippen molar-refractivity contribution < 1.29 is 17.9 Å². The fraction of sp³-hybridized carbons (Fsp3) is 0.409. The third kappa shape index (κ3) is 6.20. The lowest BCUT2D eigenvalue weighted by atomic mass is 10.2. The smallest absolute Gasteiger partial charge is 0.253 e. The van der Waals surface area contributed by atoms with E-state index in [9.17, 15) is 13.2 Å². The minimum atomic E-state index is -3.68. The van der Waals surface area contributed by atoms with Crippen LogP contribution in [0.5, 0.6) is 5.75 Å². The Hall–Kier alpha value is -2.09. The van der Waals surface area contributed by atoms with E-state index in [0.717, 1.165) is 11.3 Å². The number of hydrogen-bond acceptors (Lipinski definition) is 4. The molecule has 0 spiro atoms. The van der Waals surface area contributed by atoms with Gasteiger partial charge in [0.2, 0.25) is 10.0 Å². The highest BCUT2D eigenvalue weighted by molar-refractivity contribution is 7.89. The monoisotopic (exact) mass is 452 g/mol. The third-order valence-corrected chi connectivity index (χ3v) is 6.86. The SMILES string of the molecule is CCN(CC)S(=O)(=O)c1ccc(Cl)c(C(=O)NCc2ccc(OCC(C)C)cc2)c1. The maximum atomic E-state index is 12.7. The van der Waals surface area contributed by atoms with Crippen LogP contribution in [-0.4, -0.2) is 38.3 Å². The Morgan fingerprint density at radius 2 is 1.73 bits per heavy atom. The van der Waals surface area contributed by atoms with E-state index in [-0.39, 0.29) is 22.0 Å². The molecule has 2 rings (SSSR count). The van der Waals surface area contributed by atoms with Crippen LogP contribution in [0.1, 0.15) is 43.6 Å². The molecule has 2 aromatic rings.